The van der Waals surface area contributed by atoms with Crippen molar-refractivity contribution >= 4 is 17.8 Å². The Morgan fingerprint density at radius 1 is 1.23 bits per heavy atom. The van der Waals surface area contributed by atoms with Crippen LogP contribution >= 0.6 is 0 Å². The maximum absolute atomic E-state index is 11.1. The Hall–Kier alpha value is -2.69. The van der Waals surface area contributed by atoms with E-state index in [0.717, 1.165) is 0 Å². The molecule has 1 amide bonds. The lowest BCUT2D eigenvalue weighted by molar-refractivity contribution is -0.769. The molecule has 4 N–H and O–H groups in total. The Bertz CT molecular complexity index is 427. The number of carboxylic acid groups (broad SMARTS) is 2. The van der Waals surface area contributed by atoms with Crippen LogP contribution in [0.4, 0.5) is 0 Å². The molecule has 22 heavy (non-hydrogen) atoms. The SMILES string of the molecule is NCC(=O)N1CCC(O[N+](=O)[O-])CC1.O=C(O)/C=C/C(=O)O. The first-order valence-corrected chi connectivity index (χ1v) is 6.19. The number of hydrogen-bond donors (Lipinski definition) is 3. The summed E-state index contributed by atoms with van der Waals surface area (Å²) in [6.45, 7) is 0.948. The standard InChI is InChI=1S/C7H13N3O4.C4H4O4/c8-5-7(11)9-3-1-6(2-4-9)14-10(12)13;5-3(6)1-2-4(7)8/h6H,1-5,8H2;1-2H,(H,5,6)(H,7,8)/b;2-1+. The van der Waals surface area contributed by atoms with E-state index < -0.39 is 17.0 Å². The molecular formula is C11H17N3O8. The first-order chi connectivity index (χ1) is 10.3. The highest BCUT2D eigenvalue weighted by Gasteiger charge is 2.23. The third-order valence-corrected chi connectivity index (χ3v) is 2.57. The van der Waals surface area contributed by atoms with E-state index in [9.17, 15) is 24.5 Å². The summed E-state index contributed by atoms with van der Waals surface area (Å²) in [5.41, 5.74) is 5.19. The molecule has 0 atom stereocenters. The smallest absolute Gasteiger partial charge is 0.328 e. The summed E-state index contributed by atoms with van der Waals surface area (Å²) in [5.74, 6) is -2.63. The first kappa shape index (κ1) is 19.3. The largest absolute Gasteiger partial charge is 0.478 e. The van der Waals surface area contributed by atoms with Crippen LogP contribution in [-0.4, -0.2) is 63.8 Å². The molecule has 1 saturated heterocycles. The average Bonchev–Trinajstić information content (AvgIpc) is 2.45. The van der Waals surface area contributed by atoms with Crippen LogP contribution in [0.3, 0.4) is 0 Å². The number of carbonyl (C=O) groups excluding carboxylic acids is 1. The number of carboxylic acids is 2. The number of hydrogen-bond acceptors (Lipinski definition) is 7. The average molecular weight is 319 g/mol. The van der Waals surface area contributed by atoms with Crippen molar-refractivity contribution in [3.05, 3.63) is 22.3 Å². The second-order valence-corrected chi connectivity index (χ2v) is 4.12. The van der Waals surface area contributed by atoms with E-state index in [1.54, 1.807) is 4.90 Å². The predicted molar refractivity (Wildman–Crippen MR) is 71.1 cm³/mol. The topological polar surface area (TPSA) is 173 Å². The van der Waals surface area contributed by atoms with Crippen molar-refractivity contribution < 1.29 is 34.5 Å². The van der Waals surface area contributed by atoms with E-state index >= 15 is 0 Å². The van der Waals surface area contributed by atoms with Crippen LogP contribution in [0.2, 0.25) is 0 Å². The van der Waals surface area contributed by atoms with Gasteiger partial charge in [0.05, 0.1) is 6.54 Å². The molecule has 1 aliphatic heterocycles. The Balaban J connectivity index is 0.000000472. The minimum absolute atomic E-state index is 0.0131. The fourth-order valence-electron chi connectivity index (χ4n) is 1.60. The van der Waals surface area contributed by atoms with Gasteiger partial charge in [-0.3, -0.25) is 4.79 Å². The third kappa shape index (κ3) is 9.25. The molecule has 11 heteroatoms. The molecule has 0 aliphatic carbocycles. The van der Waals surface area contributed by atoms with Gasteiger partial charge in [-0.25, -0.2) is 9.59 Å². The maximum Gasteiger partial charge on any atom is 0.328 e. The lowest BCUT2D eigenvalue weighted by Crippen LogP contribution is -2.43. The van der Waals surface area contributed by atoms with E-state index in [0.29, 0.717) is 38.1 Å². The summed E-state index contributed by atoms with van der Waals surface area (Å²) in [6, 6.07) is 0. The van der Waals surface area contributed by atoms with Crippen LogP contribution in [0.25, 0.3) is 0 Å². The second-order valence-electron chi connectivity index (χ2n) is 4.12. The Morgan fingerprint density at radius 2 is 1.68 bits per heavy atom. The zero-order valence-electron chi connectivity index (χ0n) is 11.6. The summed E-state index contributed by atoms with van der Waals surface area (Å²) in [4.78, 5) is 46.3. The van der Waals surface area contributed by atoms with Crippen LogP contribution in [-0.2, 0) is 19.2 Å². The molecule has 0 aromatic heterocycles. The van der Waals surface area contributed by atoms with Crippen molar-refractivity contribution in [3.63, 3.8) is 0 Å². The van der Waals surface area contributed by atoms with Gasteiger partial charge in [-0.1, -0.05) is 0 Å². The van der Waals surface area contributed by atoms with Crippen LogP contribution < -0.4 is 5.73 Å². The van der Waals surface area contributed by atoms with Crippen LogP contribution in [0, 0.1) is 10.1 Å². The van der Waals surface area contributed by atoms with Gasteiger partial charge < -0.3 is 25.7 Å². The Morgan fingerprint density at radius 3 is 2.00 bits per heavy atom. The number of carbonyl (C=O) groups is 3. The van der Waals surface area contributed by atoms with E-state index in [1.165, 1.54) is 0 Å². The van der Waals surface area contributed by atoms with Gasteiger partial charge in [-0.2, -0.15) is 0 Å². The highest BCUT2D eigenvalue weighted by Crippen LogP contribution is 2.13. The number of aliphatic carboxylic acids is 2. The fraction of sp³-hybridized carbons (Fsp3) is 0.545. The third-order valence-electron chi connectivity index (χ3n) is 2.57. The molecule has 0 aromatic rings. The highest BCUT2D eigenvalue weighted by atomic mass is 17.0. The zero-order valence-corrected chi connectivity index (χ0v) is 11.6. The molecule has 11 nitrogen and oxygen atoms in total. The number of rotatable bonds is 5. The molecule has 0 radical (unpaired) electrons. The lowest BCUT2D eigenvalue weighted by atomic mass is 10.1. The molecule has 0 aromatic carbocycles. The molecular weight excluding hydrogens is 302 g/mol. The van der Waals surface area contributed by atoms with E-state index in [4.69, 9.17) is 15.9 Å². The van der Waals surface area contributed by atoms with Gasteiger partial charge in [-0.15, -0.1) is 10.1 Å². The van der Waals surface area contributed by atoms with Crippen molar-refractivity contribution in [3.8, 4) is 0 Å². The van der Waals surface area contributed by atoms with Crippen molar-refractivity contribution in [1.82, 2.24) is 4.90 Å². The van der Waals surface area contributed by atoms with Gasteiger partial charge in [0.2, 0.25) is 5.91 Å². The van der Waals surface area contributed by atoms with Gasteiger partial charge >= 0.3 is 11.9 Å². The monoisotopic (exact) mass is 319 g/mol. The molecule has 0 spiro atoms. The molecule has 1 rings (SSSR count). The van der Waals surface area contributed by atoms with Crippen molar-refractivity contribution in [1.29, 1.82) is 0 Å². The Labute approximate surface area is 125 Å². The number of amides is 1. The van der Waals surface area contributed by atoms with Crippen molar-refractivity contribution in [2.45, 2.75) is 18.9 Å². The van der Waals surface area contributed by atoms with Crippen LogP contribution in [0.5, 0.6) is 0 Å². The number of likely N-dealkylation sites (tertiary alicyclic amines) is 1. The Kier molecular flexibility index (Phi) is 8.86. The van der Waals surface area contributed by atoms with Crippen molar-refractivity contribution in [2.24, 2.45) is 5.73 Å². The highest BCUT2D eigenvalue weighted by molar-refractivity contribution is 5.89. The van der Waals surface area contributed by atoms with Gasteiger partial charge in [0.25, 0.3) is 5.09 Å². The first-order valence-electron chi connectivity index (χ1n) is 6.19. The summed E-state index contributed by atoms with van der Waals surface area (Å²) in [6.07, 6.45) is 1.72. The van der Waals surface area contributed by atoms with Crippen LogP contribution in [0.1, 0.15) is 12.8 Å². The minimum Gasteiger partial charge on any atom is -0.478 e. The predicted octanol–water partition coefficient (Wildman–Crippen LogP) is -1.14. The molecule has 124 valence electrons. The molecule has 0 unspecified atom stereocenters. The fourth-order valence-corrected chi connectivity index (χ4v) is 1.60. The normalized spacial score (nSPS) is 14.9. The van der Waals surface area contributed by atoms with E-state index in [1.807, 2.05) is 0 Å². The molecule has 0 bridgehead atoms. The second kappa shape index (κ2) is 10.1. The zero-order chi connectivity index (χ0) is 17.1. The number of nitrogens with zero attached hydrogens (tertiary/aromatic N) is 2. The lowest BCUT2D eigenvalue weighted by Gasteiger charge is -2.30. The quantitative estimate of drug-likeness (QED) is 0.321. The van der Waals surface area contributed by atoms with E-state index in [2.05, 4.69) is 4.84 Å². The number of nitrogens with two attached hydrogens (primary N) is 1. The molecule has 0 saturated carbocycles. The summed E-state index contributed by atoms with van der Waals surface area (Å²) in [7, 11) is 0. The van der Waals surface area contributed by atoms with Gasteiger partial charge in [0.15, 0.2) is 0 Å². The van der Waals surface area contributed by atoms with Gasteiger partial charge in [0, 0.05) is 25.2 Å². The van der Waals surface area contributed by atoms with Gasteiger partial charge in [0.1, 0.15) is 6.10 Å². The molecule has 1 aliphatic rings. The summed E-state index contributed by atoms with van der Waals surface area (Å²) < 4.78 is 0. The number of piperidine rings is 1. The minimum atomic E-state index is -1.26. The summed E-state index contributed by atoms with van der Waals surface area (Å²) in [5, 5.41) is 24.9. The van der Waals surface area contributed by atoms with E-state index in [-0.39, 0.29) is 18.6 Å². The van der Waals surface area contributed by atoms with Gasteiger partial charge in [-0.05, 0) is 12.8 Å². The van der Waals surface area contributed by atoms with Crippen LogP contribution in [0.15, 0.2) is 12.2 Å². The molecule has 1 heterocycles. The summed E-state index contributed by atoms with van der Waals surface area (Å²) >= 11 is 0. The van der Waals surface area contributed by atoms with Crippen molar-refractivity contribution in [2.75, 3.05) is 19.6 Å². The maximum atomic E-state index is 11.1. The molecule has 1 fully saturated rings.